The third-order valence-electron chi connectivity index (χ3n) is 5.82. The molecule has 0 radical (unpaired) electrons. The summed E-state index contributed by atoms with van der Waals surface area (Å²) in [5.74, 6) is 0. The van der Waals surface area contributed by atoms with Gasteiger partial charge in [0.2, 0.25) is 0 Å². The first-order valence-corrected chi connectivity index (χ1v) is 10.8. The monoisotopic (exact) mass is 504 g/mol. The van der Waals surface area contributed by atoms with E-state index >= 15 is 0 Å². The minimum absolute atomic E-state index is 0.587. The molecule has 0 bridgehead atoms. The predicted molar refractivity (Wildman–Crippen MR) is 107 cm³/mol. The van der Waals surface area contributed by atoms with Gasteiger partial charge in [-0.25, -0.2) is 0 Å². The van der Waals surface area contributed by atoms with E-state index in [2.05, 4.69) is 0 Å². The van der Waals surface area contributed by atoms with Crippen molar-refractivity contribution in [2.24, 2.45) is 0 Å². The molecule has 2 rings (SSSR count). The summed E-state index contributed by atoms with van der Waals surface area (Å²) >= 11 is 0. The summed E-state index contributed by atoms with van der Waals surface area (Å²) in [5.41, 5.74) is 0. The Hall–Kier alpha value is -0.600. The maximum Gasteiger partial charge on any atom is 0.187 e. The van der Waals surface area contributed by atoms with Gasteiger partial charge in [0, 0.05) is 0 Å². The van der Waals surface area contributed by atoms with Crippen LogP contribution in [0, 0.1) is 0 Å². The highest BCUT2D eigenvalue weighted by molar-refractivity contribution is 4.94. The molecular formula is C19H36O15. The fourth-order valence-electron chi connectivity index (χ4n) is 3.62. The number of aliphatic hydroxyl groups excluding tert-OH is 9. The Morgan fingerprint density at radius 2 is 1.26 bits per heavy atom. The van der Waals surface area contributed by atoms with E-state index in [1.807, 2.05) is 0 Å². The molecule has 10 N–H and O–H groups in total. The van der Waals surface area contributed by atoms with Gasteiger partial charge in [0.1, 0.15) is 61.0 Å². The summed E-state index contributed by atoms with van der Waals surface area (Å²) in [6, 6.07) is 0. The molecule has 0 aromatic carbocycles. The summed E-state index contributed by atoms with van der Waals surface area (Å²) < 4.78 is 27.0. The number of ether oxygens (including phenoxy) is 5. The molecule has 0 aliphatic carbocycles. The molecule has 13 atom stereocenters. The molecule has 2 aliphatic rings. The van der Waals surface area contributed by atoms with Gasteiger partial charge in [0.25, 0.3) is 0 Å². The van der Waals surface area contributed by atoms with Crippen LogP contribution in [0.3, 0.4) is 0 Å². The van der Waals surface area contributed by atoms with Crippen LogP contribution in [0.1, 0.15) is 13.8 Å². The van der Waals surface area contributed by atoms with Crippen molar-refractivity contribution in [3.8, 4) is 0 Å². The minimum atomic E-state index is -1.82. The molecule has 34 heavy (non-hydrogen) atoms. The van der Waals surface area contributed by atoms with Crippen molar-refractivity contribution >= 4 is 0 Å². The Morgan fingerprint density at radius 1 is 0.706 bits per heavy atom. The van der Waals surface area contributed by atoms with E-state index in [0.717, 1.165) is 0 Å². The topological polar surface area (TPSA) is 248 Å². The van der Waals surface area contributed by atoms with Crippen LogP contribution in [0.4, 0.5) is 0 Å². The lowest BCUT2D eigenvalue weighted by Crippen LogP contribution is -2.65. The maximum absolute atomic E-state index is 10.6. The molecule has 15 heteroatoms. The second-order valence-electron chi connectivity index (χ2n) is 8.32. The van der Waals surface area contributed by atoms with Crippen LogP contribution in [0.5, 0.6) is 0 Å². The average molecular weight is 504 g/mol. The Labute approximate surface area is 195 Å². The fourth-order valence-corrected chi connectivity index (χ4v) is 3.62. The highest BCUT2D eigenvalue weighted by Crippen LogP contribution is 2.30. The van der Waals surface area contributed by atoms with Gasteiger partial charge < -0.3 is 74.7 Å². The summed E-state index contributed by atoms with van der Waals surface area (Å²) in [7, 11) is 0. The van der Waals surface area contributed by atoms with Crippen molar-refractivity contribution < 1.29 is 74.7 Å². The molecule has 2 aliphatic heterocycles. The van der Waals surface area contributed by atoms with E-state index in [1.165, 1.54) is 13.8 Å². The zero-order valence-electron chi connectivity index (χ0n) is 18.7. The average Bonchev–Trinajstić information content (AvgIpc) is 2.81. The minimum Gasteiger partial charge on any atom is -0.394 e. The summed E-state index contributed by atoms with van der Waals surface area (Å²) in [4.78, 5) is 0. The van der Waals surface area contributed by atoms with Crippen molar-refractivity contribution in [2.75, 3.05) is 19.8 Å². The van der Waals surface area contributed by atoms with Crippen LogP contribution in [-0.2, 0) is 23.7 Å². The van der Waals surface area contributed by atoms with Crippen molar-refractivity contribution in [3.63, 3.8) is 0 Å². The Balaban J connectivity index is 2.07. The van der Waals surface area contributed by atoms with Gasteiger partial charge in [0.15, 0.2) is 18.9 Å². The molecule has 202 valence electrons. The molecule has 2 heterocycles. The number of aliphatic hydroxyl groups is 10. The normalized spacial score (nSPS) is 41.9. The molecule has 2 saturated heterocycles. The standard InChI is InChI=1S/C19H36O15/c1-6(8(3-20)30-7(2)17(28)29)31-18-15(27)13(25)16(10(5-22)33-18)34-19-14(26)12(24)11(23)9(4-21)32-19/h6-29H,3-5H2,1-2H3/t6-,7?,8?,9?,10?,11?,12?,13?,14?,15?,16?,18?,19?/m0/s1. The fraction of sp³-hybridized carbons (Fsp3) is 1.00. The van der Waals surface area contributed by atoms with Crippen LogP contribution in [0.15, 0.2) is 0 Å². The Bertz CT molecular complexity index is 592. The summed E-state index contributed by atoms with van der Waals surface area (Å²) in [6.45, 7) is 0.737. The van der Waals surface area contributed by atoms with Gasteiger partial charge in [-0.2, -0.15) is 0 Å². The van der Waals surface area contributed by atoms with Crippen molar-refractivity contribution in [2.45, 2.75) is 99.9 Å². The molecule has 0 saturated carbocycles. The lowest BCUT2D eigenvalue weighted by atomic mass is 9.97. The van der Waals surface area contributed by atoms with E-state index in [-0.39, 0.29) is 0 Å². The molecule has 2 fully saturated rings. The zero-order chi connectivity index (χ0) is 25.7. The van der Waals surface area contributed by atoms with Crippen LogP contribution in [-0.4, -0.2) is 157 Å². The van der Waals surface area contributed by atoms with Gasteiger partial charge in [-0.05, 0) is 13.8 Å². The maximum atomic E-state index is 10.6. The van der Waals surface area contributed by atoms with E-state index in [1.54, 1.807) is 0 Å². The largest absolute Gasteiger partial charge is 0.394 e. The number of rotatable bonds is 11. The molecule has 0 amide bonds. The molecular weight excluding hydrogens is 468 g/mol. The molecule has 0 aromatic rings. The van der Waals surface area contributed by atoms with Crippen molar-refractivity contribution in [3.05, 3.63) is 0 Å². The first kappa shape index (κ1) is 29.6. The van der Waals surface area contributed by atoms with Crippen LogP contribution in [0.2, 0.25) is 0 Å². The van der Waals surface area contributed by atoms with Gasteiger partial charge in [-0.15, -0.1) is 0 Å². The van der Waals surface area contributed by atoms with Crippen molar-refractivity contribution in [1.82, 2.24) is 0 Å². The summed E-state index contributed by atoms with van der Waals surface area (Å²) in [6.07, 6.45) is -20.9. The van der Waals surface area contributed by atoms with E-state index in [0.29, 0.717) is 0 Å². The SMILES string of the molecule is CC(OC(CO)[C@H](C)OC1OC(CO)C(OC2OC(CO)C(O)C(O)C2O)C(O)C1O)C(O)O. The van der Waals surface area contributed by atoms with Gasteiger partial charge in [0.05, 0.1) is 25.9 Å². The predicted octanol–water partition coefficient (Wildman–Crippen LogP) is -5.91. The Morgan fingerprint density at radius 3 is 1.79 bits per heavy atom. The van der Waals surface area contributed by atoms with Crippen LogP contribution < -0.4 is 0 Å². The van der Waals surface area contributed by atoms with Crippen LogP contribution in [0.25, 0.3) is 0 Å². The van der Waals surface area contributed by atoms with Gasteiger partial charge >= 0.3 is 0 Å². The number of hydrogen-bond donors (Lipinski definition) is 10. The third kappa shape index (κ3) is 6.78. The quantitative estimate of drug-likeness (QED) is 0.118. The summed E-state index contributed by atoms with van der Waals surface area (Å²) in [5, 5.41) is 97.9. The highest BCUT2D eigenvalue weighted by Gasteiger charge is 2.51. The second kappa shape index (κ2) is 13.1. The zero-order valence-corrected chi connectivity index (χ0v) is 18.7. The van der Waals surface area contributed by atoms with E-state index in [9.17, 15) is 40.9 Å². The number of hydrogen-bond acceptors (Lipinski definition) is 15. The Kier molecular flexibility index (Phi) is 11.4. The molecule has 0 aromatic heterocycles. The highest BCUT2D eigenvalue weighted by atomic mass is 16.7. The van der Waals surface area contributed by atoms with Gasteiger partial charge in [-0.1, -0.05) is 0 Å². The molecule has 12 unspecified atom stereocenters. The lowest BCUT2D eigenvalue weighted by molar-refractivity contribution is -0.365. The van der Waals surface area contributed by atoms with Crippen LogP contribution >= 0.6 is 0 Å². The first-order valence-electron chi connectivity index (χ1n) is 10.8. The molecule has 0 spiro atoms. The van der Waals surface area contributed by atoms with E-state index < -0.39 is 106 Å². The third-order valence-corrected chi connectivity index (χ3v) is 5.82. The van der Waals surface area contributed by atoms with Gasteiger partial charge in [-0.3, -0.25) is 0 Å². The van der Waals surface area contributed by atoms with E-state index in [4.69, 9.17) is 33.9 Å². The van der Waals surface area contributed by atoms with Crippen molar-refractivity contribution in [1.29, 1.82) is 0 Å². The second-order valence-corrected chi connectivity index (χ2v) is 8.32. The first-order chi connectivity index (χ1) is 16.0. The smallest absolute Gasteiger partial charge is 0.187 e. The lowest BCUT2D eigenvalue weighted by Gasteiger charge is -2.46. The molecule has 15 nitrogen and oxygen atoms in total.